The first-order chi connectivity index (χ1) is 18.8. The molecule has 0 radical (unpaired) electrons. The Balaban J connectivity index is 1.43. The quantitative estimate of drug-likeness (QED) is 0.183. The van der Waals surface area contributed by atoms with Crippen LogP contribution in [-0.4, -0.2) is 40.4 Å². The topological polar surface area (TPSA) is 108 Å². The number of ketones is 1. The summed E-state index contributed by atoms with van der Waals surface area (Å²) in [6, 6.07) is 13.2. The highest BCUT2D eigenvalue weighted by Crippen LogP contribution is 2.34. The van der Waals surface area contributed by atoms with E-state index in [1.165, 1.54) is 15.8 Å². The molecule has 0 saturated heterocycles. The summed E-state index contributed by atoms with van der Waals surface area (Å²) < 4.78 is 12.2. The smallest absolute Gasteiger partial charge is 0.349 e. The van der Waals surface area contributed by atoms with Crippen LogP contribution in [0, 0.1) is 6.92 Å². The summed E-state index contributed by atoms with van der Waals surface area (Å²) in [5.41, 5.74) is 1.67. The van der Waals surface area contributed by atoms with Crippen LogP contribution in [-0.2, 0) is 16.1 Å². The molecule has 0 bridgehead atoms. The Kier molecular flexibility index (Phi) is 7.12. The monoisotopic (exact) mass is 543 g/mol. The van der Waals surface area contributed by atoms with Crippen LogP contribution in [0.15, 0.2) is 72.3 Å². The molecule has 0 N–H and O–H groups in total. The van der Waals surface area contributed by atoms with Crippen LogP contribution < -0.4 is 15.2 Å². The number of rotatable bonds is 8. The van der Waals surface area contributed by atoms with Gasteiger partial charge in [-0.25, -0.2) is 9.78 Å². The van der Waals surface area contributed by atoms with Crippen molar-refractivity contribution in [3.8, 4) is 5.75 Å². The van der Waals surface area contributed by atoms with Crippen LogP contribution in [0.4, 0.5) is 5.69 Å². The van der Waals surface area contributed by atoms with Crippen LogP contribution in [0.2, 0.25) is 0 Å². The third-order valence-corrected chi connectivity index (χ3v) is 7.75. The Morgan fingerprint density at radius 2 is 1.97 bits per heavy atom. The minimum Gasteiger partial charge on any atom is -0.482 e. The third kappa shape index (κ3) is 4.86. The van der Waals surface area contributed by atoms with Crippen molar-refractivity contribution in [3.63, 3.8) is 0 Å². The molecule has 10 heteroatoms. The highest BCUT2D eigenvalue weighted by molar-refractivity contribution is 7.20. The predicted molar refractivity (Wildman–Crippen MR) is 148 cm³/mol. The molecule has 1 atom stereocenters. The molecule has 0 aliphatic carbocycles. The lowest BCUT2D eigenvalue weighted by atomic mass is 10.0. The lowest BCUT2D eigenvalue weighted by molar-refractivity contribution is -0.121. The Labute approximate surface area is 227 Å². The average Bonchev–Trinajstić information content (AvgIpc) is 3.30. The second-order valence-corrected chi connectivity index (χ2v) is 10.1. The maximum absolute atomic E-state index is 13.5. The van der Waals surface area contributed by atoms with Crippen molar-refractivity contribution in [1.29, 1.82) is 0 Å². The number of amides is 1. The molecule has 1 amide bonds. The van der Waals surface area contributed by atoms with E-state index in [0.717, 1.165) is 16.9 Å². The number of thiophene rings is 1. The molecule has 2 aromatic heterocycles. The summed E-state index contributed by atoms with van der Waals surface area (Å²) in [5.74, 6) is -0.629. The van der Waals surface area contributed by atoms with E-state index in [-0.39, 0.29) is 36.8 Å². The first-order valence-electron chi connectivity index (χ1n) is 12.2. The van der Waals surface area contributed by atoms with Gasteiger partial charge in [0.1, 0.15) is 22.1 Å². The van der Waals surface area contributed by atoms with Crippen molar-refractivity contribution in [2.45, 2.75) is 26.5 Å². The summed E-state index contributed by atoms with van der Waals surface area (Å²) in [6.07, 6.45) is 2.91. The van der Waals surface area contributed by atoms with E-state index in [1.54, 1.807) is 38.1 Å². The lowest BCUT2D eigenvalue weighted by Crippen LogP contribution is -2.39. The number of fused-ring (bicyclic) bond motifs is 2. The van der Waals surface area contributed by atoms with Crippen molar-refractivity contribution in [2.24, 2.45) is 0 Å². The van der Waals surface area contributed by atoms with Crippen molar-refractivity contribution < 1.29 is 23.9 Å². The zero-order chi connectivity index (χ0) is 27.7. The number of hydrogen-bond donors (Lipinski definition) is 0. The summed E-state index contributed by atoms with van der Waals surface area (Å²) >= 11 is 1.08. The largest absolute Gasteiger partial charge is 0.482 e. The second kappa shape index (κ2) is 10.7. The van der Waals surface area contributed by atoms with E-state index in [9.17, 15) is 19.2 Å². The van der Waals surface area contributed by atoms with Crippen LogP contribution in [0.1, 0.15) is 44.1 Å². The standard InChI is InChI=1S/C29H25N3O6S/c1-4-12-31-21-13-20(10-11-22(21)37-15-23(31)33)25(34)18(3)32-16-30-27-24(28(32)35)17(2)26(39-27)29(36)38-14-19-8-6-5-7-9-19/h4-11,13,16,18H,1,12,14-15H2,2-3H3. The third-order valence-electron chi connectivity index (χ3n) is 6.57. The number of ether oxygens (including phenoxy) is 2. The summed E-state index contributed by atoms with van der Waals surface area (Å²) in [7, 11) is 0. The number of Topliss-reactive ketones (excluding diaryl/α,β-unsaturated/α-hetero) is 1. The molecule has 1 aliphatic heterocycles. The fourth-order valence-electron chi connectivity index (χ4n) is 4.45. The average molecular weight is 544 g/mol. The first kappa shape index (κ1) is 26.1. The van der Waals surface area contributed by atoms with E-state index in [4.69, 9.17) is 9.47 Å². The molecular weight excluding hydrogens is 518 g/mol. The van der Waals surface area contributed by atoms with E-state index in [2.05, 4.69) is 11.6 Å². The number of aromatic nitrogens is 2. The molecule has 198 valence electrons. The van der Waals surface area contributed by atoms with E-state index < -0.39 is 17.6 Å². The second-order valence-electron chi connectivity index (χ2n) is 9.06. The van der Waals surface area contributed by atoms with Gasteiger partial charge in [0.25, 0.3) is 11.5 Å². The molecule has 0 spiro atoms. The first-order valence-corrected chi connectivity index (χ1v) is 13.1. The molecular formula is C29H25N3O6S. The fraction of sp³-hybridized carbons (Fsp3) is 0.207. The van der Waals surface area contributed by atoms with Crippen LogP contribution in [0.25, 0.3) is 10.2 Å². The fourth-order valence-corrected chi connectivity index (χ4v) is 5.48. The van der Waals surface area contributed by atoms with Gasteiger partial charge in [-0.05, 0) is 43.2 Å². The molecule has 1 unspecified atom stereocenters. The molecule has 39 heavy (non-hydrogen) atoms. The van der Waals surface area contributed by atoms with Gasteiger partial charge in [0.2, 0.25) is 0 Å². The van der Waals surface area contributed by atoms with E-state index >= 15 is 0 Å². The van der Waals surface area contributed by atoms with Gasteiger partial charge in [-0.15, -0.1) is 17.9 Å². The minimum atomic E-state index is -0.895. The molecule has 9 nitrogen and oxygen atoms in total. The van der Waals surface area contributed by atoms with Crippen molar-refractivity contribution in [2.75, 3.05) is 18.1 Å². The van der Waals surface area contributed by atoms with E-state index in [1.807, 2.05) is 30.3 Å². The van der Waals surface area contributed by atoms with Crippen molar-refractivity contribution in [1.82, 2.24) is 9.55 Å². The maximum Gasteiger partial charge on any atom is 0.349 e. The lowest BCUT2D eigenvalue weighted by Gasteiger charge is -2.29. The van der Waals surface area contributed by atoms with Crippen molar-refractivity contribution >= 4 is 44.9 Å². The highest BCUT2D eigenvalue weighted by Gasteiger charge is 2.28. The van der Waals surface area contributed by atoms with E-state index in [0.29, 0.717) is 32.3 Å². The van der Waals surface area contributed by atoms with Gasteiger partial charge < -0.3 is 14.4 Å². The summed E-state index contributed by atoms with van der Waals surface area (Å²) in [5, 5.41) is 0.274. The molecule has 0 fully saturated rings. The SMILES string of the molecule is C=CCN1C(=O)COc2ccc(C(=O)C(C)n3cnc4sc(C(=O)OCc5ccccc5)c(C)c4c3=O)cc21. The van der Waals surface area contributed by atoms with Crippen molar-refractivity contribution in [3.05, 3.63) is 99.4 Å². The van der Waals surface area contributed by atoms with Gasteiger partial charge in [-0.1, -0.05) is 36.4 Å². The number of nitrogens with zero attached hydrogens (tertiary/aromatic N) is 3. The van der Waals surface area contributed by atoms with Crippen LogP contribution >= 0.6 is 11.3 Å². The van der Waals surface area contributed by atoms with Crippen LogP contribution in [0.3, 0.4) is 0 Å². The zero-order valence-electron chi connectivity index (χ0n) is 21.4. The molecule has 3 heterocycles. The molecule has 0 saturated carbocycles. The summed E-state index contributed by atoms with van der Waals surface area (Å²) in [6.45, 7) is 7.27. The Morgan fingerprint density at radius 1 is 1.21 bits per heavy atom. The van der Waals surface area contributed by atoms with Gasteiger partial charge in [-0.3, -0.25) is 19.0 Å². The van der Waals surface area contributed by atoms with Gasteiger partial charge >= 0.3 is 5.97 Å². The highest BCUT2D eigenvalue weighted by atomic mass is 32.1. The molecule has 1 aliphatic rings. The van der Waals surface area contributed by atoms with Crippen LogP contribution in [0.5, 0.6) is 5.75 Å². The number of esters is 1. The number of aryl methyl sites for hydroxylation is 1. The number of anilines is 1. The summed E-state index contributed by atoms with van der Waals surface area (Å²) in [4.78, 5) is 58.6. The molecule has 5 rings (SSSR count). The van der Waals surface area contributed by atoms with Gasteiger partial charge in [0.05, 0.1) is 23.4 Å². The minimum absolute atomic E-state index is 0.0899. The number of carbonyl (C=O) groups excluding carboxylic acids is 3. The Morgan fingerprint density at radius 3 is 2.72 bits per heavy atom. The Hall–Kier alpha value is -4.57. The number of carbonyl (C=O) groups is 3. The molecule has 2 aromatic carbocycles. The van der Waals surface area contributed by atoms with Gasteiger partial charge in [0, 0.05) is 12.1 Å². The number of benzene rings is 2. The number of hydrogen-bond acceptors (Lipinski definition) is 8. The van der Waals surface area contributed by atoms with Gasteiger partial charge in [0.15, 0.2) is 12.4 Å². The zero-order valence-corrected chi connectivity index (χ0v) is 22.2. The predicted octanol–water partition coefficient (Wildman–Crippen LogP) is 4.48. The molecule has 4 aromatic rings. The Bertz CT molecular complexity index is 1670. The normalized spacial score (nSPS) is 13.5. The van der Waals surface area contributed by atoms with Gasteiger partial charge in [-0.2, -0.15) is 0 Å². The maximum atomic E-state index is 13.5.